The SMILES string of the molecule is COc1ccccc1CNC(=O)CN1CCCC(C(=O)Nc2ccccc2)C1. The zero-order valence-corrected chi connectivity index (χ0v) is 16.2. The van der Waals surface area contributed by atoms with Gasteiger partial charge in [-0.25, -0.2) is 0 Å². The minimum absolute atomic E-state index is 0.0188. The number of carbonyl (C=O) groups excluding carboxylic acids is 2. The second kappa shape index (κ2) is 9.90. The summed E-state index contributed by atoms with van der Waals surface area (Å²) in [5.41, 5.74) is 1.75. The Balaban J connectivity index is 1.47. The highest BCUT2D eigenvalue weighted by atomic mass is 16.5. The predicted molar refractivity (Wildman–Crippen MR) is 109 cm³/mol. The highest BCUT2D eigenvalue weighted by Gasteiger charge is 2.26. The Morgan fingerprint density at radius 2 is 1.86 bits per heavy atom. The van der Waals surface area contributed by atoms with E-state index in [0.717, 1.165) is 36.4 Å². The molecule has 1 heterocycles. The summed E-state index contributed by atoms with van der Waals surface area (Å²) in [6.07, 6.45) is 1.75. The molecule has 6 nitrogen and oxygen atoms in total. The van der Waals surface area contributed by atoms with Gasteiger partial charge in [-0.3, -0.25) is 14.5 Å². The van der Waals surface area contributed by atoms with E-state index in [1.54, 1.807) is 7.11 Å². The number of para-hydroxylation sites is 2. The van der Waals surface area contributed by atoms with Gasteiger partial charge in [-0.05, 0) is 37.6 Å². The number of hydrogen-bond donors (Lipinski definition) is 2. The van der Waals surface area contributed by atoms with E-state index in [4.69, 9.17) is 4.74 Å². The van der Waals surface area contributed by atoms with Crippen molar-refractivity contribution >= 4 is 17.5 Å². The van der Waals surface area contributed by atoms with Crippen LogP contribution in [0.5, 0.6) is 5.75 Å². The zero-order valence-electron chi connectivity index (χ0n) is 16.2. The van der Waals surface area contributed by atoms with Gasteiger partial charge in [-0.1, -0.05) is 36.4 Å². The Morgan fingerprint density at radius 1 is 1.11 bits per heavy atom. The van der Waals surface area contributed by atoms with Crippen molar-refractivity contribution in [2.45, 2.75) is 19.4 Å². The molecule has 2 N–H and O–H groups in total. The van der Waals surface area contributed by atoms with Gasteiger partial charge in [0.1, 0.15) is 5.75 Å². The number of piperidine rings is 1. The molecule has 0 aliphatic carbocycles. The first-order chi connectivity index (χ1) is 13.7. The highest BCUT2D eigenvalue weighted by molar-refractivity contribution is 5.92. The maximum absolute atomic E-state index is 12.5. The molecule has 0 bridgehead atoms. The molecule has 1 aliphatic rings. The van der Waals surface area contributed by atoms with Gasteiger partial charge in [0.25, 0.3) is 0 Å². The summed E-state index contributed by atoms with van der Waals surface area (Å²) in [6.45, 7) is 2.15. The lowest BCUT2D eigenvalue weighted by molar-refractivity contribution is -0.125. The van der Waals surface area contributed by atoms with Crippen LogP contribution in [0, 0.1) is 5.92 Å². The van der Waals surface area contributed by atoms with Gasteiger partial charge in [0.05, 0.1) is 19.6 Å². The summed E-state index contributed by atoms with van der Waals surface area (Å²) in [5, 5.41) is 5.91. The third-order valence-corrected chi connectivity index (χ3v) is 4.95. The van der Waals surface area contributed by atoms with Crippen LogP contribution in [0.2, 0.25) is 0 Å². The molecule has 2 aromatic rings. The fraction of sp³-hybridized carbons (Fsp3) is 0.364. The maximum atomic E-state index is 12.5. The molecule has 0 saturated carbocycles. The van der Waals surface area contributed by atoms with Crippen LogP contribution < -0.4 is 15.4 Å². The quantitative estimate of drug-likeness (QED) is 0.774. The zero-order chi connectivity index (χ0) is 19.8. The Labute approximate surface area is 165 Å². The molecule has 28 heavy (non-hydrogen) atoms. The molecule has 1 atom stereocenters. The Kier molecular flexibility index (Phi) is 7.03. The van der Waals surface area contributed by atoms with Crippen molar-refractivity contribution in [1.82, 2.24) is 10.2 Å². The molecule has 2 amide bonds. The van der Waals surface area contributed by atoms with Crippen molar-refractivity contribution in [2.75, 3.05) is 32.1 Å². The van der Waals surface area contributed by atoms with Crippen molar-refractivity contribution in [3.8, 4) is 5.75 Å². The molecule has 0 spiro atoms. The third-order valence-electron chi connectivity index (χ3n) is 4.95. The minimum Gasteiger partial charge on any atom is -0.496 e. The average Bonchev–Trinajstić information content (AvgIpc) is 2.73. The lowest BCUT2D eigenvalue weighted by Crippen LogP contribution is -2.45. The van der Waals surface area contributed by atoms with Gasteiger partial charge in [0.2, 0.25) is 11.8 Å². The first-order valence-corrected chi connectivity index (χ1v) is 9.62. The molecule has 0 aromatic heterocycles. The minimum atomic E-state index is -0.101. The molecule has 1 aliphatic heterocycles. The Morgan fingerprint density at radius 3 is 2.64 bits per heavy atom. The number of methoxy groups -OCH3 is 1. The Hall–Kier alpha value is -2.86. The predicted octanol–water partition coefficient (Wildman–Crippen LogP) is 2.66. The lowest BCUT2D eigenvalue weighted by atomic mass is 9.97. The van der Waals surface area contributed by atoms with E-state index in [9.17, 15) is 9.59 Å². The molecular formula is C22H27N3O3. The number of benzene rings is 2. The molecular weight excluding hydrogens is 354 g/mol. The summed E-state index contributed by atoms with van der Waals surface area (Å²) >= 11 is 0. The molecule has 6 heteroatoms. The van der Waals surface area contributed by atoms with Gasteiger partial charge in [-0.15, -0.1) is 0 Å². The number of nitrogens with zero attached hydrogens (tertiary/aromatic N) is 1. The number of likely N-dealkylation sites (tertiary alicyclic amines) is 1. The molecule has 1 saturated heterocycles. The average molecular weight is 381 g/mol. The van der Waals surface area contributed by atoms with Crippen molar-refractivity contribution < 1.29 is 14.3 Å². The topological polar surface area (TPSA) is 70.7 Å². The summed E-state index contributed by atoms with van der Waals surface area (Å²) < 4.78 is 5.31. The fourth-order valence-electron chi connectivity index (χ4n) is 3.48. The first-order valence-electron chi connectivity index (χ1n) is 9.62. The Bertz CT molecular complexity index is 795. The first kappa shape index (κ1) is 19.9. The number of anilines is 1. The molecule has 148 valence electrons. The van der Waals surface area contributed by atoms with Crippen molar-refractivity contribution in [3.05, 3.63) is 60.2 Å². The smallest absolute Gasteiger partial charge is 0.234 e. The number of ether oxygens (including phenoxy) is 1. The van der Waals surface area contributed by atoms with Gasteiger partial charge in [0.15, 0.2) is 0 Å². The molecule has 1 fully saturated rings. The van der Waals surface area contributed by atoms with Crippen LogP contribution in [-0.2, 0) is 16.1 Å². The second-order valence-electron chi connectivity index (χ2n) is 7.02. The number of hydrogen-bond acceptors (Lipinski definition) is 4. The largest absolute Gasteiger partial charge is 0.496 e. The molecule has 1 unspecified atom stereocenters. The van der Waals surface area contributed by atoms with Crippen molar-refractivity contribution in [3.63, 3.8) is 0 Å². The van der Waals surface area contributed by atoms with Gasteiger partial charge < -0.3 is 15.4 Å². The van der Waals surface area contributed by atoms with Crippen molar-refractivity contribution in [1.29, 1.82) is 0 Å². The van der Waals surface area contributed by atoms with Gasteiger partial charge in [0, 0.05) is 24.3 Å². The number of amides is 2. The lowest BCUT2D eigenvalue weighted by Gasteiger charge is -2.31. The van der Waals surface area contributed by atoms with E-state index in [1.807, 2.05) is 54.6 Å². The summed E-state index contributed by atoms with van der Waals surface area (Å²) in [5.74, 6) is 0.634. The maximum Gasteiger partial charge on any atom is 0.234 e. The molecule has 2 aromatic carbocycles. The van der Waals surface area contributed by atoms with E-state index in [2.05, 4.69) is 15.5 Å². The van der Waals surface area contributed by atoms with E-state index in [-0.39, 0.29) is 17.7 Å². The third kappa shape index (κ3) is 5.57. The summed E-state index contributed by atoms with van der Waals surface area (Å²) in [7, 11) is 1.62. The van der Waals surface area contributed by atoms with Crippen LogP contribution >= 0.6 is 0 Å². The normalized spacial score (nSPS) is 17.0. The van der Waals surface area contributed by atoms with E-state index in [0.29, 0.717) is 19.6 Å². The number of carbonyl (C=O) groups is 2. The van der Waals surface area contributed by atoms with E-state index >= 15 is 0 Å². The van der Waals surface area contributed by atoms with E-state index in [1.165, 1.54) is 0 Å². The van der Waals surface area contributed by atoms with Crippen LogP contribution in [0.3, 0.4) is 0 Å². The summed E-state index contributed by atoms with van der Waals surface area (Å²) in [6, 6.07) is 17.1. The van der Waals surface area contributed by atoms with E-state index < -0.39 is 0 Å². The fourth-order valence-corrected chi connectivity index (χ4v) is 3.48. The molecule has 0 radical (unpaired) electrons. The van der Waals surface area contributed by atoms with Gasteiger partial charge in [-0.2, -0.15) is 0 Å². The van der Waals surface area contributed by atoms with Crippen LogP contribution in [-0.4, -0.2) is 43.5 Å². The number of nitrogens with one attached hydrogen (secondary N) is 2. The van der Waals surface area contributed by atoms with Crippen molar-refractivity contribution in [2.24, 2.45) is 5.92 Å². The number of rotatable bonds is 7. The van der Waals surface area contributed by atoms with Crippen LogP contribution in [0.25, 0.3) is 0 Å². The molecule has 3 rings (SSSR count). The summed E-state index contributed by atoms with van der Waals surface area (Å²) in [4.78, 5) is 26.9. The second-order valence-corrected chi connectivity index (χ2v) is 7.02. The highest BCUT2D eigenvalue weighted by Crippen LogP contribution is 2.19. The van der Waals surface area contributed by atoms with Crippen LogP contribution in [0.15, 0.2) is 54.6 Å². The van der Waals surface area contributed by atoms with Crippen LogP contribution in [0.1, 0.15) is 18.4 Å². The monoisotopic (exact) mass is 381 g/mol. The van der Waals surface area contributed by atoms with Crippen LogP contribution in [0.4, 0.5) is 5.69 Å². The standard InChI is InChI=1S/C22H27N3O3/c1-28-20-12-6-5-8-17(20)14-23-21(26)16-25-13-7-9-18(15-25)22(27)24-19-10-3-2-4-11-19/h2-6,8,10-12,18H,7,9,13-16H2,1H3,(H,23,26)(H,24,27). The van der Waals surface area contributed by atoms with Gasteiger partial charge >= 0.3 is 0 Å².